The van der Waals surface area contributed by atoms with Crippen molar-refractivity contribution in [3.8, 4) is 5.88 Å². The number of aliphatic carboxylic acids is 1. The first-order chi connectivity index (χ1) is 7.13. The molecule has 1 aliphatic carbocycles. The second-order valence-corrected chi connectivity index (χ2v) is 3.88. The Hall–Kier alpha value is -1.58. The number of carboxylic acid groups (broad SMARTS) is 1. The maximum absolute atomic E-state index is 10.7. The van der Waals surface area contributed by atoms with Gasteiger partial charge < -0.3 is 9.84 Å². The molecule has 1 aliphatic rings. The van der Waals surface area contributed by atoms with Gasteiger partial charge in [-0.2, -0.15) is 0 Å². The van der Waals surface area contributed by atoms with Crippen LogP contribution in [0, 0.1) is 12.8 Å². The molecule has 2 rings (SSSR count). The van der Waals surface area contributed by atoms with E-state index in [-0.39, 0.29) is 11.8 Å². The van der Waals surface area contributed by atoms with Gasteiger partial charge in [-0.05, 0) is 30.9 Å². The lowest BCUT2D eigenvalue weighted by atomic mass is 10.1. The van der Waals surface area contributed by atoms with Gasteiger partial charge in [-0.3, -0.25) is 4.79 Å². The van der Waals surface area contributed by atoms with E-state index in [1.807, 2.05) is 13.0 Å². The van der Waals surface area contributed by atoms with Gasteiger partial charge in [-0.15, -0.1) is 0 Å². The molecule has 4 heteroatoms. The molecule has 0 bridgehead atoms. The molecule has 0 aromatic carbocycles. The molecule has 2 atom stereocenters. The minimum Gasteiger partial charge on any atom is -0.481 e. The molecule has 0 radical (unpaired) electrons. The molecule has 1 fully saturated rings. The first-order valence-electron chi connectivity index (χ1n) is 4.87. The summed E-state index contributed by atoms with van der Waals surface area (Å²) < 4.78 is 5.05. The second-order valence-electron chi connectivity index (χ2n) is 3.88. The van der Waals surface area contributed by atoms with Crippen LogP contribution in [0.4, 0.5) is 0 Å². The summed E-state index contributed by atoms with van der Waals surface area (Å²) in [7, 11) is 1.58. The Morgan fingerprint density at radius 1 is 1.67 bits per heavy atom. The topological polar surface area (TPSA) is 59.4 Å². The average Bonchev–Trinajstić information content (AvgIpc) is 2.97. The third kappa shape index (κ3) is 1.79. The maximum Gasteiger partial charge on any atom is 0.307 e. The van der Waals surface area contributed by atoms with E-state index in [1.54, 1.807) is 13.3 Å². The Balaban J connectivity index is 2.18. The normalized spacial score (nSPS) is 23.6. The number of aryl methyl sites for hydroxylation is 1. The van der Waals surface area contributed by atoms with E-state index >= 15 is 0 Å². The number of pyridine rings is 1. The number of aromatic nitrogens is 1. The summed E-state index contributed by atoms with van der Waals surface area (Å²) in [4.78, 5) is 14.8. The van der Waals surface area contributed by atoms with Gasteiger partial charge in [0.1, 0.15) is 0 Å². The molecule has 1 aromatic heterocycles. The van der Waals surface area contributed by atoms with Crippen molar-refractivity contribution in [3.05, 3.63) is 23.4 Å². The third-order valence-electron chi connectivity index (χ3n) is 2.78. The van der Waals surface area contributed by atoms with Crippen molar-refractivity contribution in [2.24, 2.45) is 5.92 Å². The van der Waals surface area contributed by atoms with Crippen LogP contribution in [0.3, 0.4) is 0 Å². The third-order valence-corrected chi connectivity index (χ3v) is 2.78. The Kier molecular flexibility index (Phi) is 2.34. The Morgan fingerprint density at radius 2 is 2.40 bits per heavy atom. The fraction of sp³-hybridized carbons (Fsp3) is 0.455. The zero-order valence-electron chi connectivity index (χ0n) is 8.73. The molecule has 0 amide bonds. The number of ether oxygens (including phenoxy) is 1. The highest BCUT2D eigenvalue weighted by atomic mass is 16.5. The van der Waals surface area contributed by atoms with Gasteiger partial charge >= 0.3 is 5.97 Å². The molecule has 1 N–H and O–H groups in total. The van der Waals surface area contributed by atoms with Gasteiger partial charge in [0.15, 0.2) is 0 Å². The van der Waals surface area contributed by atoms with Crippen LogP contribution in [0.1, 0.15) is 23.5 Å². The van der Waals surface area contributed by atoms with Gasteiger partial charge in [0.25, 0.3) is 0 Å². The fourth-order valence-corrected chi connectivity index (χ4v) is 1.84. The van der Waals surface area contributed by atoms with E-state index in [4.69, 9.17) is 9.84 Å². The molecule has 4 nitrogen and oxygen atoms in total. The summed E-state index contributed by atoms with van der Waals surface area (Å²) in [6.07, 6.45) is 2.43. The van der Waals surface area contributed by atoms with E-state index in [0.717, 1.165) is 17.5 Å². The van der Waals surface area contributed by atoms with Crippen LogP contribution in [0.2, 0.25) is 0 Å². The van der Waals surface area contributed by atoms with Gasteiger partial charge in [0.05, 0.1) is 13.0 Å². The monoisotopic (exact) mass is 207 g/mol. The molecular formula is C11H13NO3. The largest absolute Gasteiger partial charge is 0.481 e. The van der Waals surface area contributed by atoms with Crippen molar-refractivity contribution in [3.63, 3.8) is 0 Å². The molecule has 80 valence electrons. The number of nitrogens with zero attached hydrogens (tertiary/aromatic N) is 1. The highest BCUT2D eigenvalue weighted by molar-refractivity contribution is 5.75. The number of carbonyl (C=O) groups is 1. The van der Waals surface area contributed by atoms with Crippen molar-refractivity contribution in [1.29, 1.82) is 0 Å². The molecular weight excluding hydrogens is 194 g/mol. The van der Waals surface area contributed by atoms with Crippen LogP contribution in [-0.4, -0.2) is 23.2 Å². The summed E-state index contributed by atoms with van der Waals surface area (Å²) in [5.41, 5.74) is 1.95. The van der Waals surface area contributed by atoms with Crippen LogP contribution in [-0.2, 0) is 4.79 Å². The number of methoxy groups -OCH3 is 1. The number of rotatable bonds is 3. The van der Waals surface area contributed by atoms with E-state index in [9.17, 15) is 4.79 Å². The van der Waals surface area contributed by atoms with Crippen LogP contribution < -0.4 is 4.74 Å². The summed E-state index contributed by atoms with van der Waals surface area (Å²) in [6.45, 7) is 1.91. The van der Waals surface area contributed by atoms with Gasteiger partial charge in [-0.25, -0.2) is 4.98 Å². The molecule has 0 spiro atoms. The van der Waals surface area contributed by atoms with Crippen LogP contribution in [0.25, 0.3) is 0 Å². The summed E-state index contributed by atoms with van der Waals surface area (Å²) in [5, 5.41) is 8.81. The Bertz CT molecular complexity index is 403. The first kappa shape index (κ1) is 9.96. The van der Waals surface area contributed by atoms with Crippen LogP contribution in [0.5, 0.6) is 5.88 Å². The molecule has 1 heterocycles. The van der Waals surface area contributed by atoms with Gasteiger partial charge in [-0.1, -0.05) is 0 Å². The minimum absolute atomic E-state index is 0.139. The standard InChI is InChI=1S/C11H13NO3/c1-6-3-7(5-12-10(6)15-2)8-4-9(8)11(13)14/h3,5,8-9H,4H2,1-2H3,(H,13,14)/t8-,9+/m0/s1. The predicted octanol–water partition coefficient (Wildman–Crippen LogP) is 1.59. The average molecular weight is 207 g/mol. The molecule has 0 unspecified atom stereocenters. The molecule has 0 saturated heterocycles. The highest BCUT2D eigenvalue weighted by Gasteiger charge is 2.44. The molecule has 1 saturated carbocycles. The van der Waals surface area contributed by atoms with Crippen molar-refractivity contribution in [1.82, 2.24) is 4.98 Å². The zero-order valence-corrected chi connectivity index (χ0v) is 8.73. The summed E-state index contributed by atoms with van der Waals surface area (Å²) in [5.74, 6) is -0.195. The lowest BCUT2D eigenvalue weighted by Gasteiger charge is -2.05. The Labute approximate surface area is 87.9 Å². The predicted molar refractivity (Wildman–Crippen MR) is 54.0 cm³/mol. The molecule has 15 heavy (non-hydrogen) atoms. The van der Waals surface area contributed by atoms with Crippen molar-refractivity contribution < 1.29 is 14.6 Å². The summed E-state index contributed by atoms with van der Waals surface area (Å²) in [6, 6.07) is 1.96. The molecule has 1 aromatic rings. The van der Waals surface area contributed by atoms with Crippen molar-refractivity contribution in [2.45, 2.75) is 19.3 Å². The number of hydrogen-bond donors (Lipinski definition) is 1. The fourth-order valence-electron chi connectivity index (χ4n) is 1.84. The lowest BCUT2D eigenvalue weighted by molar-refractivity contribution is -0.138. The van der Waals surface area contributed by atoms with Crippen molar-refractivity contribution in [2.75, 3.05) is 7.11 Å². The van der Waals surface area contributed by atoms with E-state index in [1.165, 1.54) is 0 Å². The van der Waals surface area contributed by atoms with Gasteiger partial charge in [0, 0.05) is 11.8 Å². The number of hydrogen-bond acceptors (Lipinski definition) is 3. The smallest absolute Gasteiger partial charge is 0.307 e. The first-order valence-corrected chi connectivity index (χ1v) is 4.87. The summed E-state index contributed by atoms with van der Waals surface area (Å²) >= 11 is 0. The lowest BCUT2D eigenvalue weighted by Crippen LogP contribution is -2.00. The van der Waals surface area contributed by atoms with E-state index < -0.39 is 5.97 Å². The quantitative estimate of drug-likeness (QED) is 0.817. The van der Waals surface area contributed by atoms with Crippen molar-refractivity contribution >= 4 is 5.97 Å². The minimum atomic E-state index is -0.714. The van der Waals surface area contributed by atoms with Crippen LogP contribution >= 0.6 is 0 Å². The SMILES string of the molecule is COc1ncc([C@@H]2C[C@H]2C(=O)O)cc1C. The van der Waals surface area contributed by atoms with Gasteiger partial charge in [0.2, 0.25) is 5.88 Å². The second kappa shape index (κ2) is 3.53. The molecule has 0 aliphatic heterocycles. The zero-order chi connectivity index (χ0) is 11.0. The number of carboxylic acids is 1. The van der Waals surface area contributed by atoms with E-state index in [2.05, 4.69) is 4.98 Å². The van der Waals surface area contributed by atoms with Crippen LogP contribution in [0.15, 0.2) is 12.3 Å². The highest BCUT2D eigenvalue weighted by Crippen LogP contribution is 2.47. The van der Waals surface area contributed by atoms with E-state index in [0.29, 0.717) is 5.88 Å². The maximum atomic E-state index is 10.7. The Morgan fingerprint density at radius 3 is 2.87 bits per heavy atom.